The molecule has 4 rings (SSSR count). The van der Waals surface area contributed by atoms with Crippen LogP contribution in [0.15, 0.2) is 42.9 Å². The Labute approximate surface area is 173 Å². The minimum Gasteiger partial charge on any atom is -0.374 e. The molecule has 2 aromatic rings. The molecule has 4 N–H and O–H groups in total. The van der Waals surface area contributed by atoms with Crippen molar-refractivity contribution in [2.24, 2.45) is 0 Å². The summed E-state index contributed by atoms with van der Waals surface area (Å²) in [6.07, 6.45) is 8.49. The summed E-state index contributed by atoms with van der Waals surface area (Å²) in [6, 6.07) is 11.7. The van der Waals surface area contributed by atoms with E-state index in [1.54, 1.807) is 12.5 Å². The van der Waals surface area contributed by atoms with Crippen LogP contribution in [0.5, 0.6) is 0 Å². The highest BCUT2D eigenvalue weighted by atomic mass is 16.3. The third kappa shape index (κ3) is 5.39. The van der Waals surface area contributed by atoms with E-state index in [2.05, 4.69) is 57.1 Å². The summed E-state index contributed by atoms with van der Waals surface area (Å²) in [5.41, 5.74) is 3.38. The Bertz CT molecular complexity index is 748. The molecule has 2 heterocycles. The number of aromatic nitrogens is 2. The first-order valence-electron chi connectivity index (χ1n) is 11.0. The Morgan fingerprint density at radius 2 is 1.79 bits per heavy atom. The lowest BCUT2D eigenvalue weighted by Gasteiger charge is -2.26. The second-order valence-electron chi connectivity index (χ2n) is 8.49. The van der Waals surface area contributed by atoms with Crippen molar-refractivity contribution < 1.29 is 5.11 Å². The van der Waals surface area contributed by atoms with Crippen molar-refractivity contribution in [3.05, 3.63) is 59.7 Å². The number of nitrogens with one attached hydrogen (secondary N) is 3. The number of hydrogen-bond donors (Lipinski definition) is 4. The van der Waals surface area contributed by atoms with Crippen molar-refractivity contribution in [3.8, 4) is 0 Å². The van der Waals surface area contributed by atoms with Gasteiger partial charge in [0.25, 0.3) is 0 Å². The fourth-order valence-corrected chi connectivity index (χ4v) is 4.69. The van der Waals surface area contributed by atoms with E-state index in [4.69, 9.17) is 0 Å². The fourth-order valence-electron chi connectivity index (χ4n) is 4.69. The van der Waals surface area contributed by atoms with Crippen LogP contribution >= 0.6 is 0 Å². The van der Waals surface area contributed by atoms with Crippen molar-refractivity contribution in [1.29, 1.82) is 0 Å². The number of aliphatic hydroxyl groups is 1. The third-order valence-electron chi connectivity index (χ3n) is 6.42. The van der Waals surface area contributed by atoms with Crippen LogP contribution in [0.3, 0.4) is 0 Å². The minimum atomic E-state index is -0.584. The van der Waals surface area contributed by atoms with Gasteiger partial charge in [0.15, 0.2) is 0 Å². The summed E-state index contributed by atoms with van der Waals surface area (Å²) < 4.78 is 0. The van der Waals surface area contributed by atoms with E-state index in [0.29, 0.717) is 18.0 Å². The molecular formula is C23H33N5O. The second-order valence-corrected chi connectivity index (χ2v) is 8.49. The number of piperidine rings is 1. The van der Waals surface area contributed by atoms with E-state index in [-0.39, 0.29) is 6.04 Å². The molecule has 6 nitrogen and oxygen atoms in total. The second kappa shape index (κ2) is 9.76. The van der Waals surface area contributed by atoms with Crippen LogP contribution in [0.25, 0.3) is 0 Å². The van der Waals surface area contributed by atoms with E-state index in [9.17, 15) is 5.11 Å². The predicted octanol–water partition coefficient (Wildman–Crippen LogP) is 2.80. The maximum atomic E-state index is 10.5. The normalized spacial score (nSPS) is 25.0. The van der Waals surface area contributed by atoms with E-state index >= 15 is 0 Å². The number of nitrogens with zero attached hydrogens (tertiary/aromatic N) is 2. The SMILES string of the molecule is CC(NC1CCC(c2ccc(C(O)NC3CCNCC3)cc2)C1)c1ccncn1. The molecule has 6 heteroatoms. The molecule has 1 aromatic heterocycles. The Hall–Kier alpha value is -1.86. The first-order chi connectivity index (χ1) is 14.2. The van der Waals surface area contributed by atoms with Crippen molar-refractivity contribution in [2.75, 3.05) is 13.1 Å². The number of hydrogen-bond acceptors (Lipinski definition) is 6. The van der Waals surface area contributed by atoms with Crippen molar-refractivity contribution in [2.45, 2.75) is 69.3 Å². The largest absolute Gasteiger partial charge is 0.374 e. The van der Waals surface area contributed by atoms with Crippen molar-refractivity contribution in [3.63, 3.8) is 0 Å². The van der Waals surface area contributed by atoms with Crippen LogP contribution in [0.1, 0.15) is 74.0 Å². The molecule has 156 valence electrons. The Kier molecular flexibility index (Phi) is 6.87. The highest BCUT2D eigenvalue weighted by Gasteiger charge is 2.27. The van der Waals surface area contributed by atoms with Gasteiger partial charge in [0, 0.05) is 24.3 Å². The molecule has 1 saturated carbocycles. The maximum Gasteiger partial charge on any atom is 0.131 e. The van der Waals surface area contributed by atoms with Gasteiger partial charge in [0.05, 0.1) is 5.69 Å². The zero-order valence-corrected chi connectivity index (χ0v) is 17.2. The lowest BCUT2D eigenvalue weighted by Crippen LogP contribution is -2.41. The molecule has 2 aliphatic rings. The van der Waals surface area contributed by atoms with Gasteiger partial charge >= 0.3 is 0 Å². The first kappa shape index (κ1) is 20.4. The molecule has 2 fully saturated rings. The third-order valence-corrected chi connectivity index (χ3v) is 6.42. The van der Waals surface area contributed by atoms with Gasteiger partial charge in [0.2, 0.25) is 0 Å². The van der Waals surface area contributed by atoms with E-state index in [1.165, 1.54) is 18.4 Å². The summed E-state index contributed by atoms with van der Waals surface area (Å²) in [5, 5.41) is 21.0. The van der Waals surface area contributed by atoms with Gasteiger partial charge in [-0.05, 0) is 75.2 Å². The molecule has 1 saturated heterocycles. The van der Waals surface area contributed by atoms with Crippen molar-refractivity contribution in [1.82, 2.24) is 25.9 Å². The minimum absolute atomic E-state index is 0.236. The first-order valence-corrected chi connectivity index (χ1v) is 11.0. The van der Waals surface area contributed by atoms with E-state index in [1.807, 2.05) is 6.07 Å². The van der Waals surface area contributed by atoms with E-state index < -0.39 is 6.23 Å². The molecule has 4 atom stereocenters. The molecule has 1 aliphatic carbocycles. The van der Waals surface area contributed by atoms with Gasteiger partial charge in [-0.15, -0.1) is 0 Å². The van der Waals surface area contributed by atoms with Gasteiger partial charge in [-0.1, -0.05) is 24.3 Å². The monoisotopic (exact) mass is 395 g/mol. The molecule has 1 aromatic carbocycles. The van der Waals surface area contributed by atoms with Gasteiger partial charge < -0.3 is 15.7 Å². The quantitative estimate of drug-likeness (QED) is 0.540. The number of benzene rings is 1. The molecule has 0 amide bonds. The lowest BCUT2D eigenvalue weighted by molar-refractivity contribution is 0.115. The number of rotatable bonds is 7. The topological polar surface area (TPSA) is 82.1 Å². The predicted molar refractivity (Wildman–Crippen MR) is 114 cm³/mol. The highest BCUT2D eigenvalue weighted by molar-refractivity contribution is 5.27. The van der Waals surface area contributed by atoms with Crippen LogP contribution in [0.4, 0.5) is 0 Å². The average Bonchev–Trinajstić information content (AvgIpc) is 3.23. The van der Waals surface area contributed by atoms with Crippen molar-refractivity contribution >= 4 is 0 Å². The summed E-state index contributed by atoms with van der Waals surface area (Å²) in [4.78, 5) is 8.36. The molecule has 4 unspecified atom stereocenters. The van der Waals surface area contributed by atoms with Crippen LogP contribution in [0.2, 0.25) is 0 Å². The summed E-state index contributed by atoms with van der Waals surface area (Å²) in [6.45, 7) is 4.22. The molecule has 0 radical (unpaired) electrons. The highest BCUT2D eigenvalue weighted by Crippen LogP contribution is 2.35. The summed E-state index contributed by atoms with van der Waals surface area (Å²) in [7, 11) is 0. The smallest absolute Gasteiger partial charge is 0.131 e. The lowest BCUT2D eigenvalue weighted by atomic mass is 9.96. The average molecular weight is 396 g/mol. The van der Waals surface area contributed by atoms with Crippen LogP contribution in [0, 0.1) is 0 Å². The van der Waals surface area contributed by atoms with Gasteiger partial charge in [-0.25, -0.2) is 9.97 Å². The van der Waals surface area contributed by atoms with Gasteiger partial charge in [0.1, 0.15) is 12.6 Å². The van der Waals surface area contributed by atoms with Crippen LogP contribution < -0.4 is 16.0 Å². The molecule has 29 heavy (non-hydrogen) atoms. The zero-order valence-electron chi connectivity index (χ0n) is 17.2. The summed E-state index contributed by atoms with van der Waals surface area (Å²) >= 11 is 0. The standard InChI is InChI=1S/C23H33N5O/c1-16(22-10-13-25-15-26-22)27-21-7-6-19(14-21)17-2-4-18(5-3-17)23(29)28-20-8-11-24-12-9-20/h2-5,10,13,15-16,19-21,23-24,27-29H,6-9,11-12,14H2,1H3. The van der Waals surface area contributed by atoms with Crippen LogP contribution in [-0.4, -0.2) is 40.2 Å². The van der Waals surface area contributed by atoms with Gasteiger partial charge in [-0.3, -0.25) is 5.32 Å². The fraction of sp³-hybridized carbons (Fsp3) is 0.565. The molecule has 0 spiro atoms. The Morgan fingerprint density at radius 3 is 2.52 bits per heavy atom. The van der Waals surface area contributed by atoms with E-state index in [0.717, 1.165) is 43.6 Å². The summed E-state index contributed by atoms with van der Waals surface area (Å²) in [5.74, 6) is 0.577. The van der Waals surface area contributed by atoms with Crippen LogP contribution in [-0.2, 0) is 0 Å². The van der Waals surface area contributed by atoms with Gasteiger partial charge in [-0.2, -0.15) is 0 Å². The number of aliphatic hydroxyl groups excluding tert-OH is 1. The maximum absolute atomic E-state index is 10.5. The Morgan fingerprint density at radius 1 is 1.00 bits per heavy atom. The molecule has 1 aliphatic heterocycles. The Balaban J connectivity index is 1.29. The molecule has 0 bridgehead atoms. The zero-order chi connectivity index (χ0) is 20.1. The molecular weight excluding hydrogens is 362 g/mol.